The van der Waals surface area contributed by atoms with Gasteiger partial charge in [0.15, 0.2) is 0 Å². The summed E-state index contributed by atoms with van der Waals surface area (Å²) in [5, 5.41) is 3.30. The Balaban J connectivity index is 2.30. The summed E-state index contributed by atoms with van der Waals surface area (Å²) in [6.07, 6.45) is 7.52. The Hall–Kier alpha value is -1.78. The lowest BCUT2D eigenvalue weighted by molar-refractivity contribution is 0.0165. The van der Waals surface area contributed by atoms with E-state index < -0.39 is 5.92 Å². The van der Waals surface area contributed by atoms with E-state index in [1.807, 2.05) is 19.9 Å². The largest absolute Gasteiger partial charge is 0.351 e. The number of hydrogen-bond acceptors (Lipinski definition) is 3. The standard InChI is InChI=1S/C19H27F2N3/c1-6-13(3)14(4)17-16(19(5,20)21)11-22-18(24-17)23-15-9-7-12(2)8-10-15/h6,11-12,15H,4,7-10H2,1-3,5H3,(H,22,23,24)/b13-6-. The molecule has 0 saturated heterocycles. The molecule has 0 radical (unpaired) electrons. The number of halogens is 2. The summed E-state index contributed by atoms with van der Waals surface area (Å²) in [4.78, 5) is 8.50. The lowest BCUT2D eigenvalue weighted by Crippen LogP contribution is -2.26. The first-order chi connectivity index (χ1) is 11.2. The fraction of sp³-hybridized carbons (Fsp3) is 0.579. The molecule has 0 atom stereocenters. The van der Waals surface area contributed by atoms with Gasteiger partial charge < -0.3 is 5.32 Å². The quantitative estimate of drug-likeness (QED) is 0.716. The highest BCUT2D eigenvalue weighted by Crippen LogP contribution is 2.34. The van der Waals surface area contributed by atoms with Gasteiger partial charge in [0.25, 0.3) is 5.92 Å². The Labute approximate surface area is 143 Å². The van der Waals surface area contributed by atoms with Crippen LogP contribution in [0.5, 0.6) is 0 Å². The van der Waals surface area contributed by atoms with Gasteiger partial charge in [0, 0.05) is 19.2 Å². The molecule has 2 rings (SSSR count). The zero-order valence-corrected chi connectivity index (χ0v) is 15.0. The van der Waals surface area contributed by atoms with Crippen molar-refractivity contribution in [2.24, 2.45) is 5.92 Å². The first-order valence-corrected chi connectivity index (χ1v) is 8.56. The SMILES string of the molecule is C=C(/C(C)=C\C)c1nc(NC2CCC(C)CC2)ncc1C(C)(F)F. The van der Waals surface area contributed by atoms with E-state index in [0.717, 1.165) is 31.3 Å². The van der Waals surface area contributed by atoms with Gasteiger partial charge >= 0.3 is 0 Å². The van der Waals surface area contributed by atoms with Gasteiger partial charge in [0.2, 0.25) is 5.95 Å². The number of anilines is 1. The maximum atomic E-state index is 13.9. The van der Waals surface area contributed by atoms with Crippen molar-refractivity contribution in [1.82, 2.24) is 9.97 Å². The number of alkyl halides is 2. The summed E-state index contributed by atoms with van der Waals surface area (Å²) in [6.45, 7) is 10.8. The van der Waals surface area contributed by atoms with Crippen molar-refractivity contribution in [3.8, 4) is 0 Å². The molecule has 1 aromatic heterocycles. The van der Waals surface area contributed by atoms with E-state index in [2.05, 4.69) is 28.8 Å². The molecule has 0 bridgehead atoms. The summed E-state index contributed by atoms with van der Waals surface area (Å²) in [6, 6.07) is 0.304. The van der Waals surface area contributed by atoms with Crippen LogP contribution in [-0.2, 0) is 5.92 Å². The van der Waals surface area contributed by atoms with Crippen molar-refractivity contribution in [3.63, 3.8) is 0 Å². The zero-order chi connectivity index (χ0) is 17.9. The fourth-order valence-corrected chi connectivity index (χ4v) is 2.95. The van der Waals surface area contributed by atoms with Crippen molar-refractivity contribution in [2.45, 2.75) is 65.3 Å². The van der Waals surface area contributed by atoms with Crippen LogP contribution in [0.4, 0.5) is 14.7 Å². The third-order valence-electron chi connectivity index (χ3n) is 4.81. The first kappa shape index (κ1) is 18.6. The highest BCUT2D eigenvalue weighted by molar-refractivity contribution is 5.76. The van der Waals surface area contributed by atoms with E-state index >= 15 is 0 Å². The zero-order valence-electron chi connectivity index (χ0n) is 15.0. The molecular formula is C19H27F2N3. The van der Waals surface area contributed by atoms with Gasteiger partial charge in [-0.15, -0.1) is 0 Å². The predicted molar refractivity (Wildman–Crippen MR) is 95.1 cm³/mol. The second kappa shape index (κ2) is 7.41. The molecule has 0 aromatic carbocycles. The topological polar surface area (TPSA) is 37.8 Å². The van der Waals surface area contributed by atoms with Gasteiger partial charge in [-0.05, 0) is 56.6 Å². The summed E-state index contributed by atoms with van der Waals surface area (Å²) in [7, 11) is 0. The lowest BCUT2D eigenvalue weighted by atomic mass is 9.87. The van der Waals surface area contributed by atoms with Crippen LogP contribution in [0.1, 0.15) is 64.6 Å². The van der Waals surface area contributed by atoms with Crippen molar-refractivity contribution in [1.29, 1.82) is 0 Å². The molecule has 1 heterocycles. The molecule has 0 amide bonds. The van der Waals surface area contributed by atoms with Crippen LogP contribution in [-0.4, -0.2) is 16.0 Å². The van der Waals surface area contributed by atoms with E-state index in [1.54, 1.807) is 0 Å². The minimum Gasteiger partial charge on any atom is -0.351 e. The lowest BCUT2D eigenvalue weighted by Gasteiger charge is -2.27. The van der Waals surface area contributed by atoms with E-state index in [9.17, 15) is 8.78 Å². The smallest absolute Gasteiger partial charge is 0.274 e. The monoisotopic (exact) mass is 335 g/mol. The van der Waals surface area contributed by atoms with Gasteiger partial charge in [-0.25, -0.2) is 18.7 Å². The number of aromatic nitrogens is 2. The number of allylic oxidation sites excluding steroid dienone is 3. The highest BCUT2D eigenvalue weighted by Gasteiger charge is 2.31. The second-order valence-electron chi connectivity index (χ2n) is 6.90. The molecular weight excluding hydrogens is 308 g/mol. The molecule has 1 fully saturated rings. The molecule has 0 spiro atoms. The van der Waals surface area contributed by atoms with Crippen LogP contribution in [0.25, 0.3) is 5.57 Å². The Morgan fingerprint density at radius 1 is 1.33 bits per heavy atom. The number of hydrogen-bond donors (Lipinski definition) is 1. The molecule has 1 aliphatic rings. The van der Waals surface area contributed by atoms with Crippen molar-refractivity contribution in [2.75, 3.05) is 5.32 Å². The molecule has 0 aliphatic heterocycles. The van der Waals surface area contributed by atoms with Crippen LogP contribution in [0.15, 0.2) is 24.4 Å². The van der Waals surface area contributed by atoms with Gasteiger partial charge in [-0.2, -0.15) is 0 Å². The molecule has 1 aliphatic carbocycles. The third-order valence-corrected chi connectivity index (χ3v) is 4.81. The summed E-state index contributed by atoms with van der Waals surface area (Å²) in [5.41, 5.74) is 1.38. The Morgan fingerprint density at radius 2 is 1.96 bits per heavy atom. The minimum atomic E-state index is -3.01. The van der Waals surface area contributed by atoms with Crippen molar-refractivity contribution < 1.29 is 8.78 Å². The van der Waals surface area contributed by atoms with Crippen LogP contribution >= 0.6 is 0 Å². The highest BCUT2D eigenvalue weighted by atomic mass is 19.3. The van der Waals surface area contributed by atoms with Gasteiger partial charge in [-0.3, -0.25) is 0 Å². The number of rotatable bonds is 5. The van der Waals surface area contributed by atoms with Crippen LogP contribution in [0.2, 0.25) is 0 Å². The van der Waals surface area contributed by atoms with Crippen LogP contribution in [0.3, 0.4) is 0 Å². The van der Waals surface area contributed by atoms with Gasteiger partial charge in [0.1, 0.15) is 0 Å². The maximum absolute atomic E-state index is 13.9. The predicted octanol–water partition coefficient (Wildman–Crippen LogP) is 5.56. The Bertz CT molecular complexity index is 624. The van der Waals surface area contributed by atoms with E-state index in [0.29, 0.717) is 17.6 Å². The molecule has 24 heavy (non-hydrogen) atoms. The molecule has 0 unspecified atom stereocenters. The molecule has 132 valence electrons. The van der Waals surface area contributed by atoms with Crippen LogP contribution < -0.4 is 5.32 Å². The molecule has 3 nitrogen and oxygen atoms in total. The average Bonchev–Trinajstić information content (AvgIpc) is 2.54. The van der Waals surface area contributed by atoms with E-state index in [-0.39, 0.29) is 11.3 Å². The maximum Gasteiger partial charge on any atom is 0.274 e. The van der Waals surface area contributed by atoms with Crippen molar-refractivity contribution in [3.05, 3.63) is 35.7 Å². The fourth-order valence-electron chi connectivity index (χ4n) is 2.95. The van der Waals surface area contributed by atoms with E-state index in [4.69, 9.17) is 0 Å². The summed E-state index contributed by atoms with van der Waals surface area (Å²) in [5.74, 6) is -1.86. The van der Waals surface area contributed by atoms with Crippen molar-refractivity contribution >= 4 is 11.5 Å². The summed E-state index contributed by atoms with van der Waals surface area (Å²) >= 11 is 0. The first-order valence-electron chi connectivity index (χ1n) is 8.56. The number of nitrogens with zero attached hydrogens (tertiary/aromatic N) is 2. The van der Waals surface area contributed by atoms with E-state index in [1.165, 1.54) is 19.0 Å². The van der Waals surface area contributed by atoms with Gasteiger partial charge in [-0.1, -0.05) is 19.6 Å². The Kier molecular flexibility index (Phi) is 5.73. The molecule has 1 N–H and O–H groups in total. The summed E-state index contributed by atoms with van der Waals surface area (Å²) < 4.78 is 27.8. The third kappa shape index (κ3) is 4.40. The molecule has 1 aromatic rings. The number of nitrogens with one attached hydrogen (secondary N) is 1. The van der Waals surface area contributed by atoms with Gasteiger partial charge in [0.05, 0.1) is 11.3 Å². The average molecular weight is 335 g/mol. The Morgan fingerprint density at radius 3 is 2.50 bits per heavy atom. The van der Waals surface area contributed by atoms with Crippen LogP contribution in [0, 0.1) is 5.92 Å². The molecule has 5 heteroatoms. The second-order valence-corrected chi connectivity index (χ2v) is 6.90. The normalized spacial score (nSPS) is 22.3. The minimum absolute atomic E-state index is 0.184. The molecule has 1 saturated carbocycles.